The van der Waals surface area contributed by atoms with E-state index in [4.69, 9.17) is 25.9 Å². The van der Waals surface area contributed by atoms with Crippen molar-refractivity contribution in [3.8, 4) is 0 Å². The minimum atomic E-state index is -0.447. The van der Waals surface area contributed by atoms with Gasteiger partial charge in [-0.1, -0.05) is 203 Å². The van der Waals surface area contributed by atoms with Crippen molar-refractivity contribution in [2.75, 3.05) is 0 Å². The first-order valence-electron chi connectivity index (χ1n) is 22.0. The Bertz CT molecular complexity index is 1640. The number of halogens is 2. The number of allylic oxidation sites excluding steroid dienone is 7. The number of Topliss-reactive ketones (excluding diaryl/α,β-unsaturated/α-hetero) is 1. The van der Waals surface area contributed by atoms with Gasteiger partial charge in [0.1, 0.15) is 11.2 Å². The third-order valence-corrected chi connectivity index (χ3v) is 8.48. The summed E-state index contributed by atoms with van der Waals surface area (Å²) in [4.78, 5) is 20.9. The second-order valence-electron chi connectivity index (χ2n) is 16.5. The highest BCUT2D eigenvalue weighted by Gasteiger charge is 2.21. The maximum atomic E-state index is 13.9. The fourth-order valence-corrected chi connectivity index (χ4v) is 4.81. The molecule has 0 saturated carbocycles. The van der Waals surface area contributed by atoms with Crippen LogP contribution in [0.3, 0.4) is 0 Å². The van der Waals surface area contributed by atoms with Crippen molar-refractivity contribution in [2.24, 2.45) is 16.7 Å². The minimum Gasteiger partial charge on any atom is -0.483 e. The van der Waals surface area contributed by atoms with E-state index in [0.29, 0.717) is 16.6 Å². The fraction of sp³-hybridized carbons (Fsp3) is 0.585. The molecule has 340 valence electrons. The Kier molecular flexibility index (Phi) is 41.2. The molecule has 6 heteroatoms. The highest BCUT2D eigenvalue weighted by molar-refractivity contribution is 6.30. The number of carboxylic acid groups (broad SMARTS) is 1. The number of carbonyl (C=O) groups is 2. The van der Waals surface area contributed by atoms with Crippen molar-refractivity contribution >= 4 is 41.1 Å². The highest BCUT2D eigenvalue weighted by Crippen LogP contribution is 2.30. The normalized spacial score (nSPS) is 12.2. The first kappa shape index (κ1) is 64.7. The molecule has 0 aliphatic heterocycles. The largest absolute Gasteiger partial charge is 0.483 e. The first-order valence-corrected chi connectivity index (χ1v) is 22.4. The monoisotopic (exact) mass is 845 g/mol. The summed E-state index contributed by atoms with van der Waals surface area (Å²) < 4.78 is 20.0. The summed E-state index contributed by atoms with van der Waals surface area (Å²) >= 11 is 5.82. The number of benzene rings is 1. The van der Waals surface area contributed by atoms with E-state index in [9.17, 15) is 9.18 Å². The molecule has 1 N–H and O–H groups in total. The third kappa shape index (κ3) is 33.0. The summed E-state index contributed by atoms with van der Waals surface area (Å²) in [6.45, 7) is 47.5. The van der Waals surface area contributed by atoms with Crippen molar-refractivity contribution in [3.05, 3.63) is 98.6 Å². The number of hydrogen-bond acceptors (Lipinski definition) is 3. The van der Waals surface area contributed by atoms with Gasteiger partial charge >= 0.3 is 0 Å². The number of hydrogen-bond donors (Lipinski definition) is 1. The second-order valence-corrected chi connectivity index (χ2v) is 16.9. The van der Waals surface area contributed by atoms with Gasteiger partial charge in [-0.2, -0.15) is 0 Å². The van der Waals surface area contributed by atoms with Crippen molar-refractivity contribution in [1.82, 2.24) is 0 Å². The van der Waals surface area contributed by atoms with Crippen LogP contribution in [0.15, 0.2) is 70.2 Å². The molecule has 0 aliphatic carbocycles. The molecule has 2 rings (SSSR count). The van der Waals surface area contributed by atoms with Crippen LogP contribution in [0.5, 0.6) is 0 Å². The Hall–Kier alpha value is -3.44. The van der Waals surface area contributed by atoms with Crippen LogP contribution >= 0.6 is 11.6 Å². The molecule has 1 aromatic carbocycles. The molecule has 59 heavy (non-hydrogen) atoms. The molecular formula is C53H90ClFO4. The van der Waals surface area contributed by atoms with Gasteiger partial charge in [0.15, 0.2) is 5.76 Å². The molecule has 0 unspecified atom stereocenters. The van der Waals surface area contributed by atoms with Crippen LogP contribution in [0.4, 0.5) is 4.39 Å². The zero-order chi connectivity index (χ0) is 47.5. The average molecular weight is 846 g/mol. The smallest absolute Gasteiger partial charge is 0.290 e. The summed E-state index contributed by atoms with van der Waals surface area (Å²) in [5.41, 5.74) is 7.44. The van der Waals surface area contributed by atoms with E-state index in [1.54, 1.807) is 12.1 Å². The van der Waals surface area contributed by atoms with Crippen LogP contribution in [-0.4, -0.2) is 17.4 Å². The Balaban J connectivity index is -0.000000265. The molecule has 1 heterocycles. The molecular weight excluding hydrogens is 755 g/mol. The average Bonchev–Trinajstić information content (AvgIpc) is 3.58. The van der Waals surface area contributed by atoms with Gasteiger partial charge in [0, 0.05) is 16.7 Å². The Labute approximate surface area is 368 Å². The van der Waals surface area contributed by atoms with E-state index in [0.717, 1.165) is 33.9 Å². The lowest BCUT2D eigenvalue weighted by atomic mass is 9.84. The summed E-state index contributed by atoms with van der Waals surface area (Å²) in [6.07, 6.45) is 16.9. The Morgan fingerprint density at radius 2 is 1.37 bits per heavy atom. The number of carbonyl (C=O) groups excluding carboxylic acids is 1. The van der Waals surface area contributed by atoms with Gasteiger partial charge in [-0.15, -0.1) is 0 Å². The van der Waals surface area contributed by atoms with Crippen LogP contribution in [0.1, 0.15) is 206 Å². The zero-order valence-electron chi connectivity index (χ0n) is 41.9. The van der Waals surface area contributed by atoms with E-state index in [1.807, 2.05) is 67.5 Å². The maximum absolute atomic E-state index is 13.9. The number of ketones is 1. The molecule has 0 radical (unpaired) electrons. The Morgan fingerprint density at radius 1 is 0.864 bits per heavy atom. The predicted octanol–water partition coefficient (Wildman–Crippen LogP) is 17.0. The van der Waals surface area contributed by atoms with Crippen molar-refractivity contribution in [2.45, 2.75) is 190 Å². The van der Waals surface area contributed by atoms with E-state index >= 15 is 0 Å². The maximum Gasteiger partial charge on any atom is 0.290 e. The van der Waals surface area contributed by atoms with Crippen LogP contribution in [0.2, 0.25) is 5.02 Å². The van der Waals surface area contributed by atoms with Crippen LogP contribution in [0.25, 0.3) is 17.2 Å². The van der Waals surface area contributed by atoms with Crippen molar-refractivity contribution in [1.29, 1.82) is 0 Å². The van der Waals surface area contributed by atoms with Gasteiger partial charge in [0.25, 0.3) is 6.47 Å². The van der Waals surface area contributed by atoms with E-state index in [1.165, 1.54) is 55.7 Å². The molecule has 4 nitrogen and oxygen atoms in total. The van der Waals surface area contributed by atoms with Gasteiger partial charge in [-0.3, -0.25) is 9.59 Å². The van der Waals surface area contributed by atoms with Gasteiger partial charge in [0.05, 0.1) is 5.02 Å². The molecule has 1 aromatic heterocycles. The second kappa shape index (κ2) is 37.6. The lowest BCUT2D eigenvalue weighted by molar-refractivity contribution is -0.122. The van der Waals surface area contributed by atoms with Crippen LogP contribution in [-0.2, 0) is 4.79 Å². The predicted molar refractivity (Wildman–Crippen MR) is 263 cm³/mol. The van der Waals surface area contributed by atoms with Gasteiger partial charge in [0.2, 0.25) is 5.78 Å². The Morgan fingerprint density at radius 3 is 1.71 bits per heavy atom. The van der Waals surface area contributed by atoms with E-state index in [2.05, 4.69) is 115 Å². The number of rotatable bonds is 11. The molecule has 0 aliphatic rings. The lowest BCUT2D eigenvalue weighted by Gasteiger charge is -2.20. The van der Waals surface area contributed by atoms with E-state index in [-0.39, 0.29) is 28.6 Å². The number of furan rings is 1. The molecule has 0 amide bonds. The van der Waals surface area contributed by atoms with Crippen LogP contribution < -0.4 is 10.6 Å². The molecule has 0 spiro atoms. The van der Waals surface area contributed by atoms with Gasteiger partial charge < -0.3 is 9.52 Å². The first-order chi connectivity index (χ1) is 27.4. The summed E-state index contributed by atoms with van der Waals surface area (Å²) in [6, 6.07) is 6.62. The standard InChI is InChI=1S/C25H30ClFO2.C12H20.C7H16.C4H10.2C2H6.CH2O2/c1-8-9-18-14-22(23(28)15(2)3)29-24(18)19(25(5,6)7)12-16(4)17-10-11-20(26)21(27)13-17;1-6-7-11(4)8-9-12(5)10(2)3;1-5-6-7(2,3)4;1-3-4-2;2*1-2;2-1-3/h9-15H,8H2,1-7H3;8-9H,2,6-7H2,1,3-5H3;5-6H2,1-4H3;3-4H2,1-2H3;2*1-2H3;1H,(H,2,3)/b16-12+,18-9+,24-19-;11-8-,12-9-;;;;;. The molecule has 2 aromatic rings. The topological polar surface area (TPSA) is 67.5 Å². The minimum absolute atomic E-state index is 0.0178. The summed E-state index contributed by atoms with van der Waals surface area (Å²) in [5, 5.41) is 7.90. The molecule has 0 bridgehead atoms. The van der Waals surface area contributed by atoms with Gasteiger partial charge in [-0.25, -0.2) is 4.39 Å². The zero-order valence-corrected chi connectivity index (χ0v) is 42.6. The van der Waals surface area contributed by atoms with Gasteiger partial charge in [-0.05, 0) is 92.7 Å². The molecule has 0 fully saturated rings. The van der Waals surface area contributed by atoms with Crippen LogP contribution in [0, 0.1) is 22.6 Å². The highest BCUT2D eigenvalue weighted by atomic mass is 35.5. The fourth-order valence-electron chi connectivity index (χ4n) is 4.69. The SMILES string of the molecule is C=C(C)/C(C)=C\C=C(\C)CCC.CC.CC.CCCC.CCCC(C)(C)C.CC\C=c1/cc(C(=O)C(C)C)o/c1=C(/C=C(\C)c1ccc(Cl)c(F)c1)C(C)(C)C.O=CO. The van der Waals surface area contributed by atoms with E-state index < -0.39 is 5.82 Å². The third-order valence-electron chi connectivity index (χ3n) is 8.18. The van der Waals surface area contributed by atoms with Crippen molar-refractivity contribution < 1.29 is 23.5 Å². The molecule has 0 atom stereocenters. The van der Waals surface area contributed by atoms with Crippen molar-refractivity contribution in [3.63, 3.8) is 0 Å². The number of unbranched alkanes of at least 4 members (excludes halogenated alkanes) is 1. The quantitative estimate of drug-likeness (QED) is 0.139. The summed E-state index contributed by atoms with van der Waals surface area (Å²) in [5.74, 6) is -0.233. The summed E-state index contributed by atoms with van der Waals surface area (Å²) in [7, 11) is 0. The lowest BCUT2D eigenvalue weighted by Crippen LogP contribution is -2.27. The molecule has 0 saturated heterocycles.